The van der Waals surface area contributed by atoms with Gasteiger partial charge in [-0.15, -0.1) is 23.2 Å². The van der Waals surface area contributed by atoms with Crippen molar-refractivity contribution in [1.29, 1.82) is 0 Å². The third kappa shape index (κ3) is 6.25. The van der Waals surface area contributed by atoms with Gasteiger partial charge in [0.25, 0.3) is 5.91 Å². The van der Waals surface area contributed by atoms with Crippen molar-refractivity contribution in [3.8, 4) is 5.75 Å². The minimum absolute atomic E-state index is 0.106. The van der Waals surface area contributed by atoms with Gasteiger partial charge in [-0.25, -0.2) is 4.79 Å². The second-order valence-electron chi connectivity index (χ2n) is 8.14. The topological polar surface area (TPSA) is 96.5 Å². The average Bonchev–Trinajstić information content (AvgIpc) is 3.41. The van der Waals surface area contributed by atoms with Crippen LogP contribution in [0.4, 0.5) is 16.2 Å². The summed E-state index contributed by atoms with van der Waals surface area (Å²) < 4.78 is 3.71. The molecule has 1 aliphatic carbocycles. The second kappa shape index (κ2) is 11.0. The molecule has 3 amide bonds. The Kier molecular flexibility index (Phi) is 8.11. The lowest BCUT2D eigenvalue weighted by atomic mass is 10.1. The number of benzene rings is 3. The zero-order valence-corrected chi connectivity index (χ0v) is 22.7. The highest BCUT2D eigenvalue weighted by atomic mass is 35.5. The fourth-order valence-corrected chi connectivity index (χ4v) is 5.39. The Hall–Kier alpha value is -2.68. The highest BCUT2D eigenvalue weighted by Crippen LogP contribution is 2.65. The molecule has 0 aromatic heterocycles. The molecule has 0 radical (unpaired) electrons. The smallest absolute Gasteiger partial charge is 0.410 e. The maximum Gasteiger partial charge on any atom is 0.412 e. The largest absolute Gasteiger partial charge is 0.412 e. The van der Waals surface area contributed by atoms with Crippen molar-refractivity contribution in [1.82, 2.24) is 5.32 Å². The van der Waals surface area contributed by atoms with Crippen LogP contribution < -0.4 is 20.7 Å². The van der Waals surface area contributed by atoms with Crippen molar-refractivity contribution in [3.63, 3.8) is 0 Å². The predicted molar refractivity (Wildman–Crippen MR) is 147 cm³/mol. The van der Waals surface area contributed by atoms with Gasteiger partial charge < -0.3 is 20.7 Å². The number of hydrogen-bond donors (Lipinski definition) is 3. The van der Waals surface area contributed by atoms with Crippen LogP contribution in [0.25, 0.3) is 0 Å². The van der Waals surface area contributed by atoms with Gasteiger partial charge in [0.1, 0.15) is 10.1 Å². The molecule has 2 atom stereocenters. The number of amides is 3. The van der Waals surface area contributed by atoms with Crippen LogP contribution in [0, 0.1) is 5.92 Å². The van der Waals surface area contributed by atoms with E-state index in [0.717, 1.165) is 0 Å². The molecule has 0 bridgehead atoms. The lowest BCUT2D eigenvalue weighted by molar-refractivity contribution is -0.117. The maximum absolute atomic E-state index is 13.0. The lowest BCUT2D eigenvalue weighted by Crippen LogP contribution is -2.22. The van der Waals surface area contributed by atoms with E-state index >= 15 is 0 Å². The van der Waals surface area contributed by atoms with Crippen molar-refractivity contribution in [2.75, 3.05) is 17.7 Å². The van der Waals surface area contributed by atoms with Crippen LogP contribution in [-0.2, 0) is 4.79 Å². The van der Waals surface area contributed by atoms with E-state index < -0.39 is 34.1 Å². The van der Waals surface area contributed by atoms with Crippen LogP contribution >= 0.6 is 58.0 Å². The van der Waals surface area contributed by atoms with E-state index in [9.17, 15) is 14.4 Å². The molecule has 3 N–H and O–H groups in total. The molecule has 192 valence electrons. The van der Waals surface area contributed by atoms with Gasteiger partial charge in [-0.2, -0.15) is 0 Å². The van der Waals surface area contributed by atoms with Crippen LogP contribution in [0.2, 0.25) is 15.1 Å². The standard InChI is InChI=1S/C25H18Cl5N3O4/c1-31-24(36)37-17-4-2-3-15(10-17)32-22(34)18-11-16(5-6-19(18)28)33-23(35)21-20(25(21,29)30)12-7-13(26)9-14(27)8-12/h2-11,20-21H,1H3,(H,31,36)(H,32,34)(H,33,35). The van der Waals surface area contributed by atoms with Gasteiger partial charge in [-0.05, 0) is 54.1 Å². The summed E-state index contributed by atoms with van der Waals surface area (Å²) >= 11 is 31.3. The average molecular weight is 602 g/mol. The molecule has 1 saturated carbocycles. The monoisotopic (exact) mass is 599 g/mol. The number of hydrogen-bond acceptors (Lipinski definition) is 4. The van der Waals surface area contributed by atoms with Crippen molar-refractivity contribution in [3.05, 3.63) is 86.9 Å². The van der Waals surface area contributed by atoms with E-state index in [1.54, 1.807) is 42.5 Å². The first-order valence-electron chi connectivity index (χ1n) is 10.7. The van der Waals surface area contributed by atoms with Gasteiger partial charge in [0.2, 0.25) is 5.91 Å². The van der Waals surface area contributed by atoms with E-state index in [4.69, 9.17) is 62.7 Å². The van der Waals surface area contributed by atoms with Crippen LogP contribution in [-0.4, -0.2) is 29.3 Å². The lowest BCUT2D eigenvalue weighted by Gasteiger charge is -2.11. The third-order valence-electron chi connectivity index (χ3n) is 5.57. The summed E-state index contributed by atoms with van der Waals surface area (Å²) in [5, 5.41) is 8.71. The van der Waals surface area contributed by atoms with Crippen LogP contribution in [0.3, 0.4) is 0 Å². The molecular formula is C25H18Cl5N3O4. The highest BCUT2D eigenvalue weighted by Gasteiger charge is 2.67. The summed E-state index contributed by atoms with van der Waals surface area (Å²) in [5.41, 5.74) is 1.43. The molecule has 0 aliphatic heterocycles. The summed E-state index contributed by atoms with van der Waals surface area (Å²) in [4.78, 5) is 37.4. The van der Waals surface area contributed by atoms with E-state index in [-0.39, 0.29) is 16.3 Å². The van der Waals surface area contributed by atoms with Gasteiger partial charge >= 0.3 is 6.09 Å². The maximum atomic E-state index is 13.0. The molecular weight excluding hydrogens is 584 g/mol. The number of carbonyl (C=O) groups is 3. The first-order valence-corrected chi connectivity index (χ1v) is 12.6. The zero-order chi connectivity index (χ0) is 26.9. The van der Waals surface area contributed by atoms with Crippen LogP contribution in [0.5, 0.6) is 5.75 Å². The molecule has 0 heterocycles. The molecule has 2 unspecified atom stereocenters. The van der Waals surface area contributed by atoms with E-state index in [2.05, 4.69) is 16.0 Å². The minimum atomic E-state index is -1.35. The molecule has 37 heavy (non-hydrogen) atoms. The Bertz CT molecular complexity index is 1380. The van der Waals surface area contributed by atoms with Gasteiger partial charge in [0, 0.05) is 40.5 Å². The zero-order valence-electron chi connectivity index (χ0n) is 19.0. The molecule has 7 nitrogen and oxygen atoms in total. The van der Waals surface area contributed by atoms with E-state index in [1.807, 2.05) is 0 Å². The Balaban J connectivity index is 1.48. The number of rotatable bonds is 6. The Morgan fingerprint density at radius 1 is 0.865 bits per heavy atom. The van der Waals surface area contributed by atoms with Crippen molar-refractivity contribution in [2.24, 2.45) is 5.92 Å². The van der Waals surface area contributed by atoms with Gasteiger partial charge in [0.05, 0.1) is 16.5 Å². The summed E-state index contributed by atoms with van der Waals surface area (Å²) in [6.07, 6.45) is -0.649. The number of nitrogens with one attached hydrogen (secondary N) is 3. The number of carbonyl (C=O) groups excluding carboxylic acids is 3. The summed E-state index contributed by atoms with van der Waals surface area (Å²) in [6.45, 7) is 0. The number of anilines is 2. The van der Waals surface area contributed by atoms with Crippen molar-refractivity contribution >= 4 is 87.3 Å². The molecule has 1 aliphatic rings. The number of ether oxygens (including phenoxy) is 1. The van der Waals surface area contributed by atoms with Crippen molar-refractivity contribution in [2.45, 2.75) is 10.3 Å². The molecule has 0 spiro atoms. The second-order valence-corrected chi connectivity index (χ2v) is 10.9. The molecule has 12 heteroatoms. The molecule has 3 aromatic rings. The third-order valence-corrected chi connectivity index (χ3v) is 7.27. The minimum Gasteiger partial charge on any atom is -0.410 e. The first kappa shape index (κ1) is 27.4. The predicted octanol–water partition coefficient (Wildman–Crippen LogP) is 7.14. The summed E-state index contributed by atoms with van der Waals surface area (Å²) in [7, 11) is 1.43. The molecule has 0 saturated heterocycles. The van der Waals surface area contributed by atoms with Gasteiger partial charge in [-0.1, -0.05) is 40.9 Å². The quantitative estimate of drug-likeness (QED) is 0.262. The highest BCUT2D eigenvalue weighted by molar-refractivity contribution is 6.53. The van der Waals surface area contributed by atoms with Crippen LogP contribution in [0.15, 0.2) is 60.7 Å². The SMILES string of the molecule is CNC(=O)Oc1cccc(NC(=O)c2cc(NC(=O)C3C(c4cc(Cl)cc(Cl)c4)C3(Cl)Cl)ccc2Cl)c1. The van der Waals surface area contributed by atoms with E-state index in [0.29, 0.717) is 27.0 Å². The van der Waals surface area contributed by atoms with Crippen molar-refractivity contribution < 1.29 is 19.1 Å². The molecule has 1 fully saturated rings. The summed E-state index contributed by atoms with van der Waals surface area (Å²) in [6, 6.07) is 15.6. The summed E-state index contributed by atoms with van der Waals surface area (Å²) in [5.74, 6) is -2.05. The Morgan fingerprint density at radius 2 is 1.54 bits per heavy atom. The van der Waals surface area contributed by atoms with Gasteiger partial charge in [0.15, 0.2) is 0 Å². The molecule has 4 rings (SSSR count). The first-order chi connectivity index (χ1) is 17.5. The number of halogens is 5. The van der Waals surface area contributed by atoms with E-state index in [1.165, 1.54) is 25.2 Å². The normalized spacial score (nSPS) is 17.5. The Labute approximate surface area is 237 Å². The van der Waals surface area contributed by atoms with Gasteiger partial charge in [-0.3, -0.25) is 9.59 Å². The number of alkyl halides is 2. The van der Waals surface area contributed by atoms with Crippen LogP contribution in [0.1, 0.15) is 21.8 Å². The fourth-order valence-electron chi connectivity index (χ4n) is 3.81. The fraction of sp³-hybridized carbons (Fsp3) is 0.160. The Morgan fingerprint density at radius 3 is 2.22 bits per heavy atom. The molecule has 3 aromatic carbocycles.